The quantitative estimate of drug-likeness (QED) is 0.382. The molecule has 1 fully saturated rings. The number of aryl methyl sites for hydroxylation is 1. The van der Waals surface area contributed by atoms with Crippen LogP contribution in [0.3, 0.4) is 0 Å². The van der Waals surface area contributed by atoms with Gasteiger partial charge in [-0.25, -0.2) is 0 Å². The molecule has 2 heterocycles. The van der Waals surface area contributed by atoms with Crippen molar-refractivity contribution >= 4 is 17.4 Å². The van der Waals surface area contributed by atoms with Crippen LogP contribution in [0, 0.1) is 12.8 Å². The van der Waals surface area contributed by atoms with Crippen LogP contribution in [0.15, 0.2) is 103 Å². The number of methoxy groups -OCH3 is 1. The maximum absolute atomic E-state index is 14.9. The molecule has 5 heteroatoms. The van der Waals surface area contributed by atoms with Gasteiger partial charge in [-0.2, -0.15) is 0 Å². The van der Waals surface area contributed by atoms with Gasteiger partial charge in [0.1, 0.15) is 11.7 Å². The van der Waals surface area contributed by atoms with Crippen molar-refractivity contribution in [2.24, 2.45) is 5.92 Å². The summed E-state index contributed by atoms with van der Waals surface area (Å²) < 4.78 is 5.40. The van der Waals surface area contributed by atoms with Crippen LogP contribution >= 0.6 is 0 Å². The molecule has 0 bridgehead atoms. The molecule has 2 aliphatic rings. The van der Waals surface area contributed by atoms with Crippen LogP contribution in [0.5, 0.6) is 5.75 Å². The molecular weight excluding hydrogens is 484 g/mol. The van der Waals surface area contributed by atoms with E-state index in [0.29, 0.717) is 18.7 Å². The molecule has 1 N–H and O–H groups in total. The van der Waals surface area contributed by atoms with E-state index in [1.54, 1.807) is 7.11 Å². The molecule has 4 unspecified atom stereocenters. The summed E-state index contributed by atoms with van der Waals surface area (Å²) in [5.41, 5.74) is 4.73. The number of rotatable bonds is 6. The van der Waals surface area contributed by atoms with E-state index >= 15 is 0 Å². The summed E-state index contributed by atoms with van der Waals surface area (Å²) in [7, 11) is 3.72. The van der Waals surface area contributed by atoms with Crippen molar-refractivity contribution in [2.45, 2.75) is 24.9 Å². The van der Waals surface area contributed by atoms with Gasteiger partial charge in [-0.15, -0.1) is 0 Å². The monoisotopic (exact) mass is 517 g/mol. The van der Waals surface area contributed by atoms with Gasteiger partial charge < -0.3 is 14.5 Å². The number of likely N-dealkylation sites (tertiary alicyclic amines) is 1. The lowest BCUT2D eigenvalue weighted by molar-refractivity contribution is -0.918. The van der Waals surface area contributed by atoms with Crippen molar-refractivity contribution in [3.63, 3.8) is 0 Å². The number of quaternary nitrogens is 1. The molecule has 2 aliphatic heterocycles. The number of Topliss-reactive ketones (excluding diaryl/α,β-unsaturated/α-hetero) is 1. The average molecular weight is 518 g/mol. The van der Waals surface area contributed by atoms with E-state index in [0.717, 1.165) is 38.6 Å². The van der Waals surface area contributed by atoms with E-state index in [1.165, 1.54) is 0 Å². The Morgan fingerprint density at radius 3 is 2.31 bits per heavy atom. The highest BCUT2D eigenvalue weighted by molar-refractivity contribution is 6.12. The predicted octanol–water partition coefficient (Wildman–Crippen LogP) is 4.56. The van der Waals surface area contributed by atoms with Crippen molar-refractivity contribution < 1.29 is 19.2 Å². The van der Waals surface area contributed by atoms with Crippen LogP contribution in [0.2, 0.25) is 0 Å². The lowest BCUT2D eigenvalue weighted by Gasteiger charge is -2.33. The summed E-state index contributed by atoms with van der Waals surface area (Å²) in [5, 5.41) is 0. The number of benzene rings is 4. The first-order valence-electron chi connectivity index (χ1n) is 13.5. The zero-order chi connectivity index (χ0) is 27.1. The van der Waals surface area contributed by atoms with Gasteiger partial charge in [0.05, 0.1) is 38.9 Å². The summed E-state index contributed by atoms with van der Waals surface area (Å²) in [6.07, 6.45) is 0. The Bertz CT molecular complexity index is 1530. The van der Waals surface area contributed by atoms with Crippen LogP contribution in [0.1, 0.15) is 38.5 Å². The number of hydrogen-bond acceptors (Lipinski definition) is 3. The third-order valence-electron chi connectivity index (χ3n) is 8.74. The Kier molecular flexibility index (Phi) is 6.32. The first-order chi connectivity index (χ1) is 19.0. The number of ether oxygens (including phenoxy) is 1. The Labute approximate surface area is 229 Å². The molecule has 0 saturated carbocycles. The number of para-hydroxylation sites is 1. The van der Waals surface area contributed by atoms with Gasteiger partial charge in [0, 0.05) is 11.1 Å². The number of amides is 1. The van der Waals surface area contributed by atoms with Crippen molar-refractivity contribution in [1.29, 1.82) is 0 Å². The Hall–Kier alpha value is -4.22. The van der Waals surface area contributed by atoms with Gasteiger partial charge >= 0.3 is 0 Å². The van der Waals surface area contributed by atoms with Crippen LogP contribution in [0.4, 0.5) is 5.69 Å². The fourth-order valence-corrected chi connectivity index (χ4v) is 6.81. The van der Waals surface area contributed by atoms with Crippen molar-refractivity contribution in [3.8, 4) is 5.75 Å². The van der Waals surface area contributed by atoms with Gasteiger partial charge in [0.15, 0.2) is 5.78 Å². The van der Waals surface area contributed by atoms with E-state index in [-0.39, 0.29) is 17.6 Å². The highest BCUT2D eigenvalue weighted by Crippen LogP contribution is 2.51. The largest absolute Gasteiger partial charge is 0.497 e. The molecule has 4 aromatic rings. The van der Waals surface area contributed by atoms with Crippen molar-refractivity contribution in [1.82, 2.24) is 0 Å². The molecule has 1 saturated heterocycles. The smallest absolute Gasteiger partial charge is 0.294 e. The zero-order valence-electron chi connectivity index (χ0n) is 22.6. The first kappa shape index (κ1) is 25.1. The predicted molar refractivity (Wildman–Crippen MR) is 152 cm³/mol. The van der Waals surface area contributed by atoms with E-state index in [2.05, 4.69) is 32.2 Å². The average Bonchev–Trinajstić information content (AvgIpc) is 3.42. The fraction of sp³-hybridized carbons (Fsp3) is 0.235. The molecule has 1 amide bonds. The normalized spacial score (nSPS) is 23.7. The van der Waals surface area contributed by atoms with Crippen LogP contribution < -0.4 is 14.5 Å². The molecule has 6 rings (SSSR count). The van der Waals surface area contributed by atoms with Gasteiger partial charge in [0.25, 0.3) is 5.91 Å². The fourth-order valence-electron chi connectivity index (χ4n) is 6.81. The maximum atomic E-state index is 14.9. The molecule has 5 nitrogen and oxygen atoms in total. The molecule has 1 spiro atoms. The third-order valence-corrected chi connectivity index (χ3v) is 8.74. The summed E-state index contributed by atoms with van der Waals surface area (Å²) in [6.45, 7) is 3.21. The van der Waals surface area contributed by atoms with E-state index in [9.17, 15) is 9.59 Å². The molecule has 196 valence electrons. The zero-order valence-corrected chi connectivity index (χ0v) is 22.6. The molecule has 4 aromatic carbocycles. The molecule has 0 aliphatic carbocycles. The SMILES string of the molecule is COc1ccc(C2C[NH+](C)C3(C(=O)N(Cc4ccccc4C)c4ccccc43)C2C(=O)c2ccccc2)cc1. The highest BCUT2D eigenvalue weighted by atomic mass is 16.5. The number of likely N-dealkylation sites (N-methyl/N-ethyl adjacent to an activating group) is 1. The summed E-state index contributed by atoms with van der Waals surface area (Å²) >= 11 is 0. The minimum absolute atomic E-state index is 0.00486. The number of fused-ring (bicyclic) bond motifs is 2. The van der Waals surface area contributed by atoms with Crippen LogP contribution in [-0.4, -0.2) is 32.4 Å². The standard InChI is InChI=1S/C34H32N2O3/c1-23-11-7-8-14-26(23)21-36-30-16-10-9-15-29(30)34(33(36)38)31(32(37)25-12-5-4-6-13-25)28(22-35(34)2)24-17-19-27(39-3)20-18-24/h4-20,28,31H,21-22H2,1-3H3/p+1. The number of nitrogens with zero attached hydrogens (tertiary/aromatic N) is 1. The lowest BCUT2D eigenvalue weighted by atomic mass is 9.70. The minimum Gasteiger partial charge on any atom is -0.497 e. The van der Waals surface area contributed by atoms with Crippen molar-refractivity contribution in [3.05, 3.63) is 131 Å². The number of hydrogen-bond donors (Lipinski definition) is 1. The van der Waals surface area contributed by atoms with Gasteiger partial charge in [0.2, 0.25) is 5.54 Å². The Morgan fingerprint density at radius 1 is 0.923 bits per heavy atom. The Morgan fingerprint density at radius 2 is 1.59 bits per heavy atom. The van der Waals surface area contributed by atoms with E-state index in [1.807, 2.05) is 89.8 Å². The Balaban J connectivity index is 1.53. The van der Waals surface area contributed by atoms with Crippen molar-refractivity contribution in [2.75, 3.05) is 25.6 Å². The maximum Gasteiger partial charge on any atom is 0.294 e. The molecule has 4 atom stereocenters. The third kappa shape index (κ3) is 3.88. The second kappa shape index (κ2) is 9.83. The van der Waals surface area contributed by atoms with Crippen LogP contribution in [0.25, 0.3) is 0 Å². The van der Waals surface area contributed by atoms with Gasteiger partial charge in [-0.05, 0) is 41.8 Å². The van der Waals surface area contributed by atoms with Gasteiger partial charge in [-0.1, -0.05) is 84.9 Å². The second-order valence-corrected chi connectivity index (χ2v) is 10.7. The minimum atomic E-state index is -1.03. The summed E-state index contributed by atoms with van der Waals surface area (Å²) in [5.74, 6) is 0.0662. The number of carbonyl (C=O) groups excluding carboxylic acids is 2. The highest BCUT2D eigenvalue weighted by Gasteiger charge is 2.70. The lowest BCUT2D eigenvalue weighted by Crippen LogP contribution is -3.16. The second-order valence-electron chi connectivity index (χ2n) is 10.7. The number of anilines is 1. The molecule has 0 radical (unpaired) electrons. The molecular formula is C34H33N2O3+. The topological polar surface area (TPSA) is 51.1 Å². The van der Waals surface area contributed by atoms with E-state index in [4.69, 9.17) is 4.74 Å². The number of ketones is 1. The molecule has 39 heavy (non-hydrogen) atoms. The first-order valence-corrected chi connectivity index (χ1v) is 13.5. The van der Waals surface area contributed by atoms with Gasteiger partial charge in [-0.3, -0.25) is 9.59 Å². The summed E-state index contributed by atoms with van der Waals surface area (Å²) in [4.78, 5) is 32.3. The molecule has 0 aromatic heterocycles. The summed E-state index contributed by atoms with van der Waals surface area (Å²) in [6, 6.07) is 33.6. The van der Waals surface area contributed by atoms with Crippen LogP contribution in [-0.2, 0) is 16.9 Å². The number of nitrogens with one attached hydrogen (secondary N) is 1. The van der Waals surface area contributed by atoms with E-state index < -0.39 is 11.5 Å². The number of carbonyl (C=O) groups is 2.